The van der Waals surface area contributed by atoms with E-state index in [1.807, 2.05) is 23.7 Å². The molecule has 0 aliphatic rings. The molecular formula is C14H21N5. The van der Waals surface area contributed by atoms with Gasteiger partial charge in [-0.15, -0.1) is 5.10 Å². The van der Waals surface area contributed by atoms with E-state index in [-0.39, 0.29) is 0 Å². The highest BCUT2D eigenvalue weighted by Crippen LogP contribution is 2.16. The van der Waals surface area contributed by atoms with E-state index in [2.05, 4.69) is 41.4 Å². The lowest BCUT2D eigenvalue weighted by molar-refractivity contribution is 0.689. The van der Waals surface area contributed by atoms with Gasteiger partial charge in [-0.1, -0.05) is 13.8 Å². The van der Waals surface area contributed by atoms with Crippen molar-refractivity contribution < 1.29 is 0 Å². The van der Waals surface area contributed by atoms with Crippen LogP contribution in [0.4, 0.5) is 0 Å². The molecule has 0 fully saturated rings. The van der Waals surface area contributed by atoms with Crippen LogP contribution in [0, 0.1) is 13.8 Å². The Morgan fingerprint density at radius 1 is 1.16 bits per heavy atom. The fraction of sp³-hybridized carbons (Fsp3) is 0.500. The Hall–Kier alpha value is -1.75. The molecule has 0 amide bonds. The third-order valence-electron chi connectivity index (χ3n) is 3.27. The number of aromatic nitrogens is 4. The van der Waals surface area contributed by atoms with Gasteiger partial charge in [-0.2, -0.15) is 10.2 Å². The summed E-state index contributed by atoms with van der Waals surface area (Å²) in [6.45, 7) is 10.0. The second-order valence-corrected chi connectivity index (χ2v) is 4.58. The molecule has 0 saturated carbocycles. The van der Waals surface area contributed by atoms with Crippen LogP contribution < -0.4 is 5.32 Å². The van der Waals surface area contributed by atoms with E-state index in [9.17, 15) is 0 Å². The molecule has 2 aromatic heterocycles. The van der Waals surface area contributed by atoms with Crippen LogP contribution in [0.2, 0.25) is 0 Å². The first-order valence-electron chi connectivity index (χ1n) is 6.76. The zero-order chi connectivity index (χ0) is 13.8. The maximum Gasteiger partial charge on any atom is 0.175 e. The summed E-state index contributed by atoms with van der Waals surface area (Å²) in [5.41, 5.74) is 4.45. The highest BCUT2D eigenvalue weighted by Gasteiger charge is 2.12. The van der Waals surface area contributed by atoms with Crippen LogP contribution in [-0.4, -0.2) is 26.5 Å². The lowest BCUT2D eigenvalue weighted by Gasteiger charge is -2.05. The van der Waals surface area contributed by atoms with Crippen LogP contribution in [0.5, 0.6) is 0 Å². The summed E-state index contributed by atoms with van der Waals surface area (Å²) in [7, 11) is 0. The molecule has 19 heavy (non-hydrogen) atoms. The molecule has 0 unspecified atom stereocenters. The van der Waals surface area contributed by atoms with Crippen LogP contribution in [0.15, 0.2) is 12.1 Å². The molecule has 2 heterocycles. The van der Waals surface area contributed by atoms with Crippen molar-refractivity contribution in [2.75, 3.05) is 6.54 Å². The largest absolute Gasteiger partial charge is 0.311 e. The van der Waals surface area contributed by atoms with Crippen molar-refractivity contribution in [1.82, 2.24) is 25.3 Å². The Kier molecular flexibility index (Phi) is 4.27. The molecule has 0 radical (unpaired) electrons. The summed E-state index contributed by atoms with van der Waals surface area (Å²) in [6, 6.07) is 3.96. The maximum atomic E-state index is 4.54. The smallest absolute Gasteiger partial charge is 0.175 e. The Labute approximate surface area is 114 Å². The zero-order valence-electron chi connectivity index (χ0n) is 12.1. The first kappa shape index (κ1) is 13.7. The van der Waals surface area contributed by atoms with Crippen LogP contribution in [0.25, 0.3) is 5.82 Å². The molecule has 0 aliphatic carbocycles. The number of aryl methyl sites for hydroxylation is 1. The van der Waals surface area contributed by atoms with E-state index in [1.165, 1.54) is 5.56 Å². The maximum absolute atomic E-state index is 4.54. The van der Waals surface area contributed by atoms with Crippen molar-refractivity contribution in [1.29, 1.82) is 0 Å². The molecule has 0 atom stereocenters. The number of nitrogens with zero attached hydrogens (tertiary/aromatic N) is 4. The molecule has 2 aromatic rings. The van der Waals surface area contributed by atoms with Crippen molar-refractivity contribution in [3.05, 3.63) is 34.8 Å². The standard InChI is InChI=1S/C14H21N5/c1-5-13-10(3)18-19(11(13)4)14-8-7-12(16-17-14)9-15-6-2/h7-8,15H,5-6,9H2,1-4H3. The van der Waals surface area contributed by atoms with Gasteiger partial charge < -0.3 is 5.32 Å². The SMILES string of the molecule is CCNCc1ccc(-n2nc(C)c(CC)c2C)nn1. The predicted molar refractivity (Wildman–Crippen MR) is 75.4 cm³/mol. The highest BCUT2D eigenvalue weighted by atomic mass is 15.3. The minimum absolute atomic E-state index is 0.751. The van der Waals surface area contributed by atoms with E-state index in [0.29, 0.717) is 0 Å². The molecule has 0 aliphatic heterocycles. The number of hydrogen-bond acceptors (Lipinski definition) is 4. The van der Waals surface area contributed by atoms with E-state index in [4.69, 9.17) is 0 Å². The van der Waals surface area contributed by atoms with Gasteiger partial charge in [-0.3, -0.25) is 0 Å². The van der Waals surface area contributed by atoms with Crippen molar-refractivity contribution in [2.45, 2.75) is 40.7 Å². The van der Waals surface area contributed by atoms with E-state index in [1.54, 1.807) is 0 Å². The normalized spacial score (nSPS) is 10.9. The molecule has 0 aromatic carbocycles. The van der Waals surface area contributed by atoms with Crippen LogP contribution in [0.1, 0.15) is 36.5 Å². The summed E-state index contributed by atoms with van der Waals surface area (Å²) in [5.74, 6) is 0.778. The van der Waals surface area contributed by atoms with Gasteiger partial charge in [0.2, 0.25) is 0 Å². The van der Waals surface area contributed by atoms with E-state index < -0.39 is 0 Å². The fourth-order valence-corrected chi connectivity index (χ4v) is 2.22. The first-order valence-corrected chi connectivity index (χ1v) is 6.76. The van der Waals surface area contributed by atoms with Gasteiger partial charge >= 0.3 is 0 Å². The van der Waals surface area contributed by atoms with Crippen molar-refractivity contribution >= 4 is 0 Å². The Balaban J connectivity index is 2.27. The van der Waals surface area contributed by atoms with Gasteiger partial charge in [0.15, 0.2) is 5.82 Å². The average molecular weight is 259 g/mol. The quantitative estimate of drug-likeness (QED) is 0.891. The van der Waals surface area contributed by atoms with Crippen molar-refractivity contribution in [2.24, 2.45) is 0 Å². The topological polar surface area (TPSA) is 55.6 Å². The summed E-state index contributed by atoms with van der Waals surface area (Å²) in [5, 5.41) is 16.3. The molecule has 0 saturated heterocycles. The molecule has 2 rings (SSSR count). The van der Waals surface area contributed by atoms with Crippen LogP contribution >= 0.6 is 0 Å². The minimum atomic E-state index is 0.751. The van der Waals surface area contributed by atoms with Crippen LogP contribution in [-0.2, 0) is 13.0 Å². The van der Waals surface area contributed by atoms with Crippen molar-refractivity contribution in [3.63, 3.8) is 0 Å². The van der Waals surface area contributed by atoms with Crippen molar-refractivity contribution in [3.8, 4) is 5.82 Å². The lowest BCUT2D eigenvalue weighted by Crippen LogP contribution is -2.14. The van der Waals surface area contributed by atoms with Gasteiger partial charge in [0.25, 0.3) is 0 Å². The molecule has 5 heteroatoms. The molecule has 0 bridgehead atoms. The Morgan fingerprint density at radius 2 is 1.95 bits per heavy atom. The highest BCUT2D eigenvalue weighted by molar-refractivity contribution is 5.32. The van der Waals surface area contributed by atoms with Gasteiger partial charge in [0.05, 0.1) is 11.4 Å². The molecule has 5 nitrogen and oxygen atoms in total. The van der Waals surface area contributed by atoms with Gasteiger partial charge in [-0.05, 0) is 44.5 Å². The first-order chi connectivity index (χ1) is 9.17. The Morgan fingerprint density at radius 3 is 2.47 bits per heavy atom. The summed E-state index contributed by atoms with van der Waals surface area (Å²) in [4.78, 5) is 0. The zero-order valence-corrected chi connectivity index (χ0v) is 12.1. The second-order valence-electron chi connectivity index (χ2n) is 4.58. The minimum Gasteiger partial charge on any atom is -0.311 e. The van der Waals surface area contributed by atoms with Gasteiger partial charge in [0.1, 0.15) is 0 Å². The summed E-state index contributed by atoms with van der Waals surface area (Å²) in [6.07, 6.45) is 0.990. The summed E-state index contributed by atoms with van der Waals surface area (Å²) < 4.78 is 1.87. The molecule has 0 spiro atoms. The third kappa shape index (κ3) is 2.81. The second kappa shape index (κ2) is 5.93. The van der Waals surface area contributed by atoms with Gasteiger partial charge in [0, 0.05) is 12.2 Å². The van der Waals surface area contributed by atoms with Crippen LogP contribution in [0.3, 0.4) is 0 Å². The monoisotopic (exact) mass is 259 g/mol. The number of rotatable bonds is 5. The molecular weight excluding hydrogens is 238 g/mol. The average Bonchev–Trinajstić information content (AvgIpc) is 2.72. The lowest BCUT2D eigenvalue weighted by atomic mass is 10.1. The molecule has 1 N–H and O–H groups in total. The predicted octanol–water partition coefficient (Wildman–Crippen LogP) is 1.95. The Bertz CT molecular complexity index is 542. The summed E-state index contributed by atoms with van der Waals surface area (Å²) >= 11 is 0. The van der Waals surface area contributed by atoms with E-state index >= 15 is 0 Å². The molecule has 102 valence electrons. The van der Waals surface area contributed by atoms with E-state index in [0.717, 1.165) is 42.4 Å². The van der Waals surface area contributed by atoms with Gasteiger partial charge in [-0.25, -0.2) is 4.68 Å². The third-order valence-corrected chi connectivity index (χ3v) is 3.27. The number of hydrogen-bond donors (Lipinski definition) is 1. The number of nitrogens with one attached hydrogen (secondary N) is 1. The fourth-order valence-electron chi connectivity index (χ4n) is 2.22.